The summed E-state index contributed by atoms with van der Waals surface area (Å²) in [4.78, 5) is 8.86. The molecule has 0 unspecified atom stereocenters. The van der Waals surface area contributed by atoms with Crippen LogP contribution in [0.4, 0.5) is 10.2 Å². The van der Waals surface area contributed by atoms with Gasteiger partial charge in [0, 0.05) is 11.5 Å². The van der Waals surface area contributed by atoms with Crippen LogP contribution in [0.2, 0.25) is 0 Å². The van der Waals surface area contributed by atoms with Gasteiger partial charge in [-0.15, -0.1) is 0 Å². The molecule has 0 bridgehead atoms. The Labute approximate surface area is 160 Å². The number of anilines is 1. The lowest BCUT2D eigenvalue weighted by molar-refractivity contribution is 0.396. The Bertz CT molecular complexity index is 1150. The second kappa shape index (κ2) is 6.60. The van der Waals surface area contributed by atoms with Gasteiger partial charge in [-0.25, -0.2) is 18.9 Å². The highest BCUT2D eigenvalue weighted by molar-refractivity contribution is 5.85. The van der Waals surface area contributed by atoms with E-state index in [0.717, 1.165) is 18.7 Å². The number of halogens is 1. The van der Waals surface area contributed by atoms with E-state index in [9.17, 15) is 4.39 Å². The monoisotopic (exact) mass is 375 g/mol. The normalized spacial score (nSPS) is 14.2. The predicted octanol–water partition coefficient (Wildman–Crippen LogP) is 4.57. The Kier molecular flexibility index (Phi) is 3.93. The maximum Gasteiger partial charge on any atom is 0.166 e. The van der Waals surface area contributed by atoms with Gasteiger partial charge in [0.1, 0.15) is 29.1 Å². The van der Waals surface area contributed by atoms with Crippen molar-refractivity contribution in [1.29, 1.82) is 0 Å². The molecule has 2 heterocycles. The fourth-order valence-electron chi connectivity index (χ4n) is 3.46. The summed E-state index contributed by atoms with van der Waals surface area (Å²) in [7, 11) is 0. The fraction of sp³-hybridized carbons (Fsp3) is 0.190. The standard InChI is InChI=1S/C21H18FN5O/c22-16-11-14(9-10-17(16)28-15-7-2-1-3-8-15)18-19-20(23)24-12-25-27(19)21(26-18)13-5-4-6-13/h1-3,7-13H,4-6H2,(H2,23,24,25). The van der Waals surface area contributed by atoms with E-state index in [2.05, 4.69) is 10.1 Å². The summed E-state index contributed by atoms with van der Waals surface area (Å²) in [5, 5.41) is 4.33. The molecule has 1 aliphatic carbocycles. The zero-order valence-electron chi connectivity index (χ0n) is 15.0. The highest BCUT2D eigenvalue weighted by Gasteiger charge is 2.27. The average molecular weight is 375 g/mol. The number of nitrogens with two attached hydrogens (primary N) is 1. The van der Waals surface area contributed by atoms with Gasteiger partial charge in [0.15, 0.2) is 17.4 Å². The number of benzene rings is 2. The first kappa shape index (κ1) is 16.7. The molecule has 5 rings (SSSR count). The van der Waals surface area contributed by atoms with E-state index in [4.69, 9.17) is 15.5 Å². The van der Waals surface area contributed by atoms with Crippen LogP contribution >= 0.6 is 0 Å². The maximum atomic E-state index is 14.7. The lowest BCUT2D eigenvalue weighted by atomic mass is 9.85. The van der Waals surface area contributed by atoms with Crippen LogP contribution in [0.25, 0.3) is 16.8 Å². The summed E-state index contributed by atoms with van der Waals surface area (Å²) in [5.41, 5.74) is 7.92. The van der Waals surface area contributed by atoms with Crippen molar-refractivity contribution >= 4 is 11.3 Å². The third-order valence-electron chi connectivity index (χ3n) is 5.13. The number of fused-ring (bicyclic) bond motifs is 1. The first-order valence-electron chi connectivity index (χ1n) is 9.22. The van der Waals surface area contributed by atoms with Crippen LogP contribution in [0.15, 0.2) is 54.9 Å². The van der Waals surface area contributed by atoms with Gasteiger partial charge in [0.05, 0.1) is 0 Å². The van der Waals surface area contributed by atoms with Gasteiger partial charge in [0.25, 0.3) is 0 Å². The molecule has 0 amide bonds. The summed E-state index contributed by atoms with van der Waals surface area (Å²) in [5.74, 6) is 1.79. The number of para-hydroxylation sites is 1. The zero-order valence-corrected chi connectivity index (χ0v) is 15.0. The van der Waals surface area contributed by atoms with Gasteiger partial charge in [-0.05, 0) is 43.2 Å². The van der Waals surface area contributed by atoms with E-state index in [0.29, 0.717) is 34.3 Å². The number of ether oxygens (including phenoxy) is 1. The predicted molar refractivity (Wildman–Crippen MR) is 104 cm³/mol. The van der Waals surface area contributed by atoms with Gasteiger partial charge >= 0.3 is 0 Å². The molecule has 1 fully saturated rings. The molecule has 28 heavy (non-hydrogen) atoms. The van der Waals surface area contributed by atoms with E-state index < -0.39 is 5.82 Å². The zero-order chi connectivity index (χ0) is 19.1. The van der Waals surface area contributed by atoms with Crippen molar-refractivity contribution in [2.45, 2.75) is 25.2 Å². The molecule has 140 valence electrons. The number of hydrogen-bond donors (Lipinski definition) is 1. The molecule has 1 aliphatic rings. The SMILES string of the molecule is Nc1ncnn2c(C3CCC3)nc(-c3ccc(Oc4ccccc4)c(F)c3)c12. The highest BCUT2D eigenvalue weighted by atomic mass is 19.1. The summed E-state index contributed by atoms with van der Waals surface area (Å²) < 4.78 is 22.1. The molecule has 4 aromatic rings. The fourth-order valence-corrected chi connectivity index (χ4v) is 3.46. The van der Waals surface area contributed by atoms with Crippen molar-refractivity contribution in [3.05, 3.63) is 66.5 Å². The van der Waals surface area contributed by atoms with Crippen LogP contribution in [0.1, 0.15) is 31.0 Å². The van der Waals surface area contributed by atoms with Crippen molar-refractivity contribution in [1.82, 2.24) is 19.6 Å². The molecule has 2 aromatic carbocycles. The van der Waals surface area contributed by atoms with Crippen molar-refractivity contribution in [3.8, 4) is 22.8 Å². The van der Waals surface area contributed by atoms with Crippen molar-refractivity contribution < 1.29 is 9.13 Å². The number of aromatic nitrogens is 4. The minimum absolute atomic E-state index is 0.155. The van der Waals surface area contributed by atoms with Gasteiger partial charge in [-0.1, -0.05) is 24.6 Å². The Hall–Kier alpha value is -3.48. The summed E-state index contributed by atoms with van der Waals surface area (Å²) in [6, 6.07) is 13.9. The van der Waals surface area contributed by atoms with E-state index in [1.54, 1.807) is 28.8 Å². The molecule has 0 radical (unpaired) electrons. The summed E-state index contributed by atoms with van der Waals surface area (Å²) >= 11 is 0. The second-order valence-electron chi connectivity index (χ2n) is 6.91. The minimum atomic E-state index is -0.469. The smallest absolute Gasteiger partial charge is 0.166 e. The van der Waals surface area contributed by atoms with E-state index in [1.165, 1.54) is 18.8 Å². The van der Waals surface area contributed by atoms with Gasteiger partial charge in [0.2, 0.25) is 0 Å². The molecule has 0 saturated heterocycles. The van der Waals surface area contributed by atoms with Crippen LogP contribution in [-0.4, -0.2) is 19.6 Å². The number of nitrogens with zero attached hydrogens (tertiary/aromatic N) is 4. The van der Waals surface area contributed by atoms with Crippen LogP contribution in [0.3, 0.4) is 0 Å². The Morgan fingerprint density at radius 3 is 2.64 bits per heavy atom. The topological polar surface area (TPSA) is 78.3 Å². The molecular weight excluding hydrogens is 357 g/mol. The molecule has 0 spiro atoms. The van der Waals surface area contributed by atoms with E-state index in [-0.39, 0.29) is 5.75 Å². The number of nitrogen functional groups attached to an aromatic ring is 1. The summed E-state index contributed by atoms with van der Waals surface area (Å²) in [6.45, 7) is 0. The quantitative estimate of drug-likeness (QED) is 0.565. The first-order valence-corrected chi connectivity index (χ1v) is 9.22. The largest absolute Gasteiger partial charge is 0.454 e. The molecule has 0 aliphatic heterocycles. The van der Waals surface area contributed by atoms with Gasteiger partial charge in [-0.2, -0.15) is 5.10 Å². The van der Waals surface area contributed by atoms with Crippen LogP contribution < -0.4 is 10.5 Å². The van der Waals surface area contributed by atoms with E-state index >= 15 is 0 Å². The Morgan fingerprint density at radius 1 is 1.11 bits per heavy atom. The summed E-state index contributed by atoms with van der Waals surface area (Å²) in [6.07, 6.45) is 4.74. The maximum absolute atomic E-state index is 14.7. The average Bonchev–Trinajstić information content (AvgIpc) is 3.04. The number of hydrogen-bond acceptors (Lipinski definition) is 5. The Balaban J connectivity index is 1.58. The third kappa shape index (κ3) is 2.76. The first-order chi connectivity index (χ1) is 13.7. The minimum Gasteiger partial charge on any atom is -0.454 e. The Morgan fingerprint density at radius 2 is 1.93 bits per heavy atom. The second-order valence-corrected chi connectivity index (χ2v) is 6.91. The molecule has 2 N–H and O–H groups in total. The molecule has 1 saturated carbocycles. The molecule has 2 aromatic heterocycles. The highest BCUT2D eigenvalue weighted by Crippen LogP contribution is 2.39. The molecule has 0 atom stereocenters. The lowest BCUT2D eigenvalue weighted by Gasteiger charge is -2.23. The van der Waals surface area contributed by atoms with E-state index in [1.807, 2.05) is 18.2 Å². The number of imidazole rings is 1. The number of rotatable bonds is 4. The van der Waals surface area contributed by atoms with Crippen molar-refractivity contribution in [3.63, 3.8) is 0 Å². The lowest BCUT2D eigenvalue weighted by Crippen LogP contribution is -2.14. The third-order valence-corrected chi connectivity index (χ3v) is 5.13. The van der Waals surface area contributed by atoms with Crippen molar-refractivity contribution in [2.75, 3.05) is 5.73 Å². The van der Waals surface area contributed by atoms with Crippen LogP contribution in [0.5, 0.6) is 11.5 Å². The molecule has 6 nitrogen and oxygen atoms in total. The van der Waals surface area contributed by atoms with Gasteiger partial charge in [-0.3, -0.25) is 0 Å². The van der Waals surface area contributed by atoms with Crippen LogP contribution in [-0.2, 0) is 0 Å². The van der Waals surface area contributed by atoms with Crippen LogP contribution in [0, 0.1) is 5.82 Å². The van der Waals surface area contributed by atoms with Crippen molar-refractivity contribution in [2.24, 2.45) is 0 Å². The molecule has 7 heteroatoms. The van der Waals surface area contributed by atoms with Gasteiger partial charge < -0.3 is 10.5 Å². The molecular formula is C21H18FN5O.